The van der Waals surface area contributed by atoms with Crippen molar-refractivity contribution >= 4 is 49.6 Å². The molecule has 1 aliphatic carbocycles. The Hall–Kier alpha value is -7.16. The van der Waals surface area contributed by atoms with E-state index < -0.39 is 0 Å². The van der Waals surface area contributed by atoms with E-state index in [1.807, 2.05) is 0 Å². The van der Waals surface area contributed by atoms with E-state index in [0.29, 0.717) is 0 Å². The molecule has 10 aromatic rings. The number of anilines is 3. The quantitative estimate of drug-likeness (QED) is 0.165. The number of fused-ring (bicyclic) bond motifs is 8. The van der Waals surface area contributed by atoms with Crippen molar-refractivity contribution < 1.29 is 0 Å². The van der Waals surface area contributed by atoms with Crippen molar-refractivity contribution in [3.8, 4) is 39.1 Å². The molecule has 11 rings (SSSR count). The molecule has 0 fully saturated rings. The highest BCUT2D eigenvalue weighted by Crippen LogP contribution is 2.54. The van der Waals surface area contributed by atoms with E-state index in [2.05, 4.69) is 230 Å². The molecule has 0 atom stereocenters. The second-order valence-corrected chi connectivity index (χ2v) is 15.7. The zero-order valence-electron chi connectivity index (χ0n) is 32.0. The molecule has 0 saturated carbocycles. The van der Waals surface area contributed by atoms with E-state index in [1.54, 1.807) is 0 Å². The normalized spacial score (nSPS) is 12.9. The lowest BCUT2D eigenvalue weighted by Crippen LogP contribution is -2.17. The van der Waals surface area contributed by atoms with E-state index >= 15 is 0 Å². The number of hydrogen-bond acceptors (Lipinski definition) is 1. The van der Waals surface area contributed by atoms with Crippen LogP contribution in [0.15, 0.2) is 206 Å². The van der Waals surface area contributed by atoms with Crippen LogP contribution in [-0.2, 0) is 5.41 Å². The largest absolute Gasteiger partial charge is 0.310 e. The molecule has 0 unspecified atom stereocenters. The molecule has 0 radical (unpaired) electrons. The number of para-hydroxylation sites is 2. The minimum Gasteiger partial charge on any atom is -0.310 e. The van der Waals surface area contributed by atoms with Crippen LogP contribution in [0.1, 0.15) is 25.0 Å². The number of rotatable bonds is 6. The molecule has 2 heteroatoms. The van der Waals surface area contributed by atoms with Gasteiger partial charge in [0.15, 0.2) is 0 Å². The summed E-state index contributed by atoms with van der Waals surface area (Å²) >= 11 is 0. The van der Waals surface area contributed by atoms with Gasteiger partial charge in [0.25, 0.3) is 0 Å². The van der Waals surface area contributed by atoms with Gasteiger partial charge in [-0.25, -0.2) is 0 Å². The summed E-state index contributed by atoms with van der Waals surface area (Å²) in [4.78, 5) is 2.44. The maximum atomic E-state index is 2.51. The lowest BCUT2D eigenvalue weighted by molar-refractivity contribution is 0.660. The Morgan fingerprint density at radius 2 is 1.07 bits per heavy atom. The highest BCUT2D eigenvalue weighted by Gasteiger charge is 2.38. The van der Waals surface area contributed by atoms with Crippen LogP contribution in [-0.4, -0.2) is 4.57 Å². The van der Waals surface area contributed by atoms with Crippen molar-refractivity contribution in [2.24, 2.45) is 0 Å². The van der Waals surface area contributed by atoms with Crippen LogP contribution < -0.4 is 4.90 Å². The number of hydrogen-bond donors (Lipinski definition) is 0. The molecular formula is C55H40N2. The van der Waals surface area contributed by atoms with Crippen LogP contribution in [0.25, 0.3) is 71.6 Å². The van der Waals surface area contributed by atoms with E-state index in [9.17, 15) is 0 Å². The zero-order valence-corrected chi connectivity index (χ0v) is 32.0. The molecule has 57 heavy (non-hydrogen) atoms. The molecule has 1 aromatic heterocycles. The lowest BCUT2D eigenvalue weighted by Gasteiger charge is -2.30. The van der Waals surface area contributed by atoms with Gasteiger partial charge in [0.1, 0.15) is 0 Å². The summed E-state index contributed by atoms with van der Waals surface area (Å²) in [5.41, 5.74) is 16.9. The first-order chi connectivity index (χ1) is 28.1. The van der Waals surface area contributed by atoms with E-state index in [1.165, 1.54) is 82.8 Å². The summed E-state index contributed by atoms with van der Waals surface area (Å²) in [6.45, 7) is 4.78. The maximum absolute atomic E-state index is 2.51. The van der Waals surface area contributed by atoms with Gasteiger partial charge in [-0.05, 0) is 92.7 Å². The Morgan fingerprint density at radius 1 is 0.421 bits per heavy atom. The third-order valence-corrected chi connectivity index (χ3v) is 12.2. The molecule has 0 bridgehead atoms. The maximum Gasteiger partial charge on any atom is 0.0547 e. The number of nitrogens with zero attached hydrogens (tertiary/aromatic N) is 2. The molecule has 1 aliphatic rings. The van der Waals surface area contributed by atoms with Crippen molar-refractivity contribution in [1.82, 2.24) is 4.57 Å². The number of benzene rings is 9. The fourth-order valence-electron chi connectivity index (χ4n) is 9.47. The second kappa shape index (κ2) is 13.0. The van der Waals surface area contributed by atoms with Gasteiger partial charge in [0.05, 0.1) is 22.4 Å². The first-order valence-corrected chi connectivity index (χ1v) is 19.9. The van der Waals surface area contributed by atoms with Gasteiger partial charge < -0.3 is 9.47 Å². The average molecular weight is 729 g/mol. The van der Waals surface area contributed by atoms with Crippen molar-refractivity contribution in [2.75, 3.05) is 4.90 Å². The predicted molar refractivity (Wildman–Crippen MR) is 241 cm³/mol. The Labute approximate surface area is 333 Å². The van der Waals surface area contributed by atoms with Crippen LogP contribution in [0.2, 0.25) is 0 Å². The van der Waals surface area contributed by atoms with Crippen molar-refractivity contribution in [3.63, 3.8) is 0 Å². The van der Waals surface area contributed by atoms with Gasteiger partial charge in [-0.15, -0.1) is 0 Å². The second-order valence-electron chi connectivity index (χ2n) is 15.7. The monoisotopic (exact) mass is 728 g/mol. The van der Waals surface area contributed by atoms with Crippen LogP contribution in [0.4, 0.5) is 17.1 Å². The van der Waals surface area contributed by atoms with Crippen LogP contribution in [0.5, 0.6) is 0 Å². The van der Waals surface area contributed by atoms with E-state index in [4.69, 9.17) is 0 Å². The Balaban J connectivity index is 1.12. The summed E-state index contributed by atoms with van der Waals surface area (Å²) < 4.78 is 2.51. The minimum absolute atomic E-state index is 0.232. The highest BCUT2D eigenvalue weighted by molar-refractivity contribution is 6.21. The van der Waals surface area contributed by atoms with Gasteiger partial charge in [-0.3, -0.25) is 0 Å². The van der Waals surface area contributed by atoms with Gasteiger partial charge in [-0.1, -0.05) is 172 Å². The summed E-state index contributed by atoms with van der Waals surface area (Å²) in [7, 11) is 0. The Kier molecular flexibility index (Phi) is 7.55. The third kappa shape index (κ3) is 5.18. The summed E-state index contributed by atoms with van der Waals surface area (Å²) in [6, 6.07) is 75.5. The molecule has 270 valence electrons. The number of aromatic nitrogens is 1. The van der Waals surface area contributed by atoms with Crippen molar-refractivity contribution in [1.29, 1.82) is 0 Å². The first-order valence-electron chi connectivity index (χ1n) is 19.9. The molecule has 1 heterocycles. The molecule has 0 N–H and O–H groups in total. The first kappa shape index (κ1) is 33.2. The predicted octanol–water partition coefficient (Wildman–Crippen LogP) is 15.0. The molecule has 2 nitrogen and oxygen atoms in total. The van der Waals surface area contributed by atoms with Crippen LogP contribution in [0, 0.1) is 0 Å². The molecular weight excluding hydrogens is 689 g/mol. The lowest BCUT2D eigenvalue weighted by atomic mass is 9.82. The molecule has 0 spiro atoms. The Morgan fingerprint density at radius 3 is 1.88 bits per heavy atom. The third-order valence-electron chi connectivity index (χ3n) is 12.2. The van der Waals surface area contributed by atoms with Gasteiger partial charge >= 0.3 is 0 Å². The molecule has 0 saturated heterocycles. The molecule has 0 aliphatic heterocycles. The van der Waals surface area contributed by atoms with Gasteiger partial charge in [-0.2, -0.15) is 0 Å². The summed E-state index contributed by atoms with van der Waals surface area (Å²) in [5.74, 6) is 0. The topological polar surface area (TPSA) is 8.17 Å². The smallest absolute Gasteiger partial charge is 0.0547 e. The van der Waals surface area contributed by atoms with Gasteiger partial charge in [0.2, 0.25) is 0 Å². The SMILES string of the molecule is CC1(C)c2cc(N(c3ccc(-c4ccccc4)cc3)c3ccccc3-c3ccccc3)ccc2-c2c(-n3c4ccccc4c4c5ccccc5ccc43)cccc21. The summed E-state index contributed by atoms with van der Waals surface area (Å²) in [5, 5.41) is 5.13. The zero-order chi connectivity index (χ0) is 38.1. The fourth-order valence-corrected chi connectivity index (χ4v) is 9.47. The van der Waals surface area contributed by atoms with Crippen molar-refractivity contribution in [2.45, 2.75) is 19.3 Å². The molecule has 0 amide bonds. The van der Waals surface area contributed by atoms with Crippen molar-refractivity contribution in [3.05, 3.63) is 217 Å². The van der Waals surface area contributed by atoms with E-state index in [0.717, 1.165) is 17.1 Å². The van der Waals surface area contributed by atoms with Gasteiger partial charge in [0, 0.05) is 38.7 Å². The Bertz CT molecular complexity index is 3130. The highest BCUT2D eigenvalue weighted by atomic mass is 15.1. The fraction of sp³-hybridized carbons (Fsp3) is 0.0545. The molecule has 9 aromatic carbocycles. The van der Waals surface area contributed by atoms with Crippen LogP contribution in [0.3, 0.4) is 0 Å². The summed E-state index contributed by atoms with van der Waals surface area (Å²) in [6.07, 6.45) is 0. The average Bonchev–Trinajstić information content (AvgIpc) is 3.73. The minimum atomic E-state index is -0.232. The standard InChI is InChI=1S/C55H40N2/c1-55(2)47-24-15-27-51(57-50-26-14-12-23-46(50)53-44-22-10-9-20-40(44)30-35-52(53)57)54(47)45-34-33-42(36-48(45)55)56(41-31-28-38(29-32-41)37-16-5-3-6-17-37)49-25-13-11-21-43(49)39-18-7-4-8-19-39/h3-36H,1-2H3. The van der Waals surface area contributed by atoms with E-state index in [-0.39, 0.29) is 5.41 Å². The van der Waals surface area contributed by atoms with Crippen LogP contribution >= 0.6 is 0 Å².